The first-order valence-corrected chi connectivity index (χ1v) is 4.55. The molecule has 0 radical (unpaired) electrons. The third-order valence-corrected chi connectivity index (χ3v) is 1.26. The van der Waals surface area contributed by atoms with Crippen LogP contribution < -0.4 is 22.5 Å². The number of hydrogen-bond donors (Lipinski definition) is 3. The molecule has 9 N–H and O–H groups in total. The maximum absolute atomic E-state index is 9.86. The summed E-state index contributed by atoms with van der Waals surface area (Å²) in [6.45, 7) is 1.93. The number of carbonyl (C=O) groups is 2. The predicted octanol–water partition coefficient (Wildman–Crippen LogP) is -0.812. The van der Waals surface area contributed by atoms with Gasteiger partial charge in [0.2, 0.25) is 0 Å². The molecular formula is C9H24N2O5. The summed E-state index contributed by atoms with van der Waals surface area (Å²) in [6.07, 6.45) is 1.58. The minimum absolute atomic E-state index is 0. The van der Waals surface area contributed by atoms with Crippen LogP contribution in [0.3, 0.4) is 0 Å². The molecule has 0 aromatic heterocycles. The summed E-state index contributed by atoms with van der Waals surface area (Å²) in [7, 11) is 0. The van der Waals surface area contributed by atoms with Crippen LogP contribution in [0.4, 0.5) is 0 Å². The molecule has 0 aromatic carbocycles. The van der Waals surface area contributed by atoms with Crippen LogP contribution in [-0.2, 0) is 9.59 Å². The van der Waals surface area contributed by atoms with Crippen molar-refractivity contribution in [3.8, 4) is 0 Å². The highest BCUT2D eigenvalue weighted by Crippen LogP contribution is 2.01. The number of quaternary nitrogens is 2. The van der Waals surface area contributed by atoms with Crippen molar-refractivity contribution in [3.05, 3.63) is 0 Å². The highest BCUT2D eigenvalue weighted by atomic mass is 16.4. The number of carbonyl (C=O) groups excluding carboxylic acids is 2. The maximum Gasteiger partial charge on any atom is 0.0414 e. The van der Waals surface area contributed by atoms with Crippen molar-refractivity contribution in [3.63, 3.8) is 0 Å². The van der Waals surface area contributed by atoms with Crippen molar-refractivity contribution in [1.82, 2.24) is 12.3 Å². The predicted molar refractivity (Wildman–Crippen MR) is 57.8 cm³/mol. The Bertz CT molecular complexity index is 148. The molecule has 0 rings (SSSR count). The quantitative estimate of drug-likeness (QED) is 0.513. The third kappa shape index (κ3) is 38.5. The Morgan fingerprint density at radius 1 is 0.938 bits per heavy atom. The summed E-state index contributed by atoms with van der Waals surface area (Å²) in [5.74, 6) is -2.17. The van der Waals surface area contributed by atoms with Crippen molar-refractivity contribution in [2.24, 2.45) is 0 Å². The van der Waals surface area contributed by atoms with Crippen molar-refractivity contribution in [2.75, 3.05) is 6.61 Å². The fraction of sp³-hybridized carbons (Fsp3) is 0.778. The molecule has 0 saturated heterocycles. The molecule has 0 bridgehead atoms. The van der Waals surface area contributed by atoms with Crippen LogP contribution in [0.5, 0.6) is 0 Å². The van der Waals surface area contributed by atoms with Gasteiger partial charge in [0.1, 0.15) is 0 Å². The fourth-order valence-electron chi connectivity index (χ4n) is 0.715. The molecule has 0 aliphatic heterocycles. The zero-order valence-corrected chi connectivity index (χ0v) is 10.3. The molecule has 0 heterocycles. The highest BCUT2D eigenvalue weighted by molar-refractivity contribution is 5.64. The first-order chi connectivity index (χ1) is 6.54. The van der Waals surface area contributed by atoms with E-state index in [2.05, 4.69) is 0 Å². The molecular weight excluding hydrogens is 216 g/mol. The average Bonchev–Trinajstić information content (AvgIpc) is 2.04. The van der Waals surface area contributed by atoms with Crippen LogP contribution in [-0.4, -0.2) is 23.7 Å². The monoisotopic (exact) mass is 240 g/mol. The maximum atomic E-state index is 9.86. The summed E-state index contributed by atoms with van der Waals surface area (Å²) in [5, 5.41) is 27.3. The lowest BCUT2D eigenvalue weighted by atomic mass is 10.1. The minimum Gasteiger partial charge on any atom is -0.550 e. The van der Waals surface area contributed by atoms with Crippen LogP contribution in [0.2, 0.25) is 0 Å². The normalized spacial score (nSPS) is 7.62. The van der Waals surface area contributed by atoms with E-state index in [0.717, 1.165) is 0 Å². The van der Waals surface area contributed by atoms with Crippen molar-refractivity contribution in [1.29, 1.82) is 0 Å². The molecule has 16 heavy (non-hydrogen) atoms. The molecule has 0 spiro atoms. The van der Waals surface area contributed by atoms with Gasteiger partial charge in [0, 0.05) is 18.5 Å². The van der Waals surface area contributed by atoms with E-state index in [9.17, 15) is 19.8 Å². The third-order valence-electron chi connectivity index (χ3n) is 1.26. The number of aliphatic hydroxyl groups excluding tert-OH is 1. The molecule has 0 saturated carbocycles. The number of aliphatic carboxylic acids is 2. The Hall–Kier alpha value is -1.18. The van der Waals surface area contributed by atoms with Crippen LogP contribution >= 0.6 is 0 Å². The lowest BCUT2D eigenvalue weighted by Gasteiger charge is -2.02. The van der Waals surface area contributed by atoms with Crippen molar-refractivity contribution in [2.45, 2.75) is 39.0 Å². The molecule has 7 heteroatoms. The second-order valence-corrected chi connectivity index (χ2v) is 2.62. The number of carboxylic acid groups (broad SMARTS) is 2. The summed E-state index contributed by atoms with van der Waals surface area (Å²) < 4.78 is 0. The van der Waals surface area contributed by atoms with E-state index in [0.29, 0.717) is 19.3 Å². The van der Waals surface area contributed by atoms with E-state index >= 15 is 0 Å². The van der Waals surface area contributed by atoms with E-state index in [1.807, 2.05) is 0 Å². The molecule has 0 amide bonds. The summed E-state index contributed by atoms with van der Waals surface area (Å²) in [6, 6.07) is 0. The van der Waals surface area contributed by atoms with Crippen LogP contribution in [0.25, 0.3) is 0 Å². The van der Waals surface area contributed by atoms with E-state index in [1.165, 1.54) is 0 Å². The number of aliphatic hydroxyl groups is 1. The summed E-state index contributed by atoms with van der Waals surface area (Å²) >= 11 is 0. The van der Waals surface area contributed by atoms with Gasteiger partial charge in [-0.05, 0) is 32.6 Å². The topological polar surface area (TPSA) is 173 Å². The van der Waals surface area contributed by atoms with Crippen molar-refractivity contribution >= 4 is 11.9 Å². The molecule has 0 fully saturated rings. The lowest BCUT2D eigenvalue weighted by molar-refractivity contribution is -0.306. The Morgan fingerprint density at radius 2 is 1.19 bits per heavy atom. The Labute approximate surface area is 95.6 Å². The summed E-state index contributed by atoms with van der Waals surface area (Å²) in [5.41, 5.74) is 0. The van der Waals surface area contributed by atoms with Crippen LogP contribution in [0.15, 0.2) is 0 Å². The molecule has 0 unspecified atom stereocenters. The van der Waals surface area contributed by atoms with Gasteiger partial charge in [-0.1, -0.05) is 6.42 Å². The van der Waals surface area contributed by atoms with Gasteiger partial charge in [0.15, 0.2) is 0 Å². The number of carboxylic acids is 2. The zero-order valence-electron chi connectivity index (χ0n) is 10.3. The Morgan fingerprint density at radius 3 is 1.38 bits per heavy atom. The Kier molecular flexibility index (Phi) is 29.3. The molecule has 0 atom stereocenters. The number of rotatable bonds is 6. The first-order valence-electron chi connectivity index (χ1n) is 4.55. The van der Waals surface area contributed by atoms with Gasteiger partial charge in [-0.3, -0.25) is 0 Å². The van der Waals surface area contributed by atoms with Gasteiger partial charge in [0.05, 0.1) is 0 Å². The second-order valence-electron chi connectivity index (χ2n) is 2.62. The first kappa shape index (κ1) is 24.2. The zero-order chi connectivity index (χ0) is 11.4. The van der Waals surface area contributed by atoms with Gasteiger partial charge in [-0.2, -0.15) is 0 Å². The number of hydrogen-bond acceptors (Lipinski definition) is 5. The Balaban J connectivity index is -0.000000129. The number of unbranched alkanes of at least 4 members (excludes halogenated alkanes) is 2. The largest absolute Gasteiger partial charge is 0.550 e. The molecule has 100 valence electrons. The highest BCUT2D eigenvalue weighted by Gasteiger charge is 1.90. The van der Waals surface area contributed by atoms with E-state index in [-0.39, 0.29) is 31.7 Å². The van der Waals surface area contributed by atoms with Crippen LogP contribution in [0.1, 0.15) is 39.0 Å². The van der Waals surface area contributed by atoms with E-state index < -0.39 is 11.9 Å². The van der Waals surface area contributed by atoms with Crippen molar-refractivity contribution < 1.29 is 24.9 Å². The standard InChI is InChI=1S/C7H12O4.C2H6O.2H3N/c8-6(9)4-2-1-3-5-7(10)11;1-2-3;;/h1-5H2,(H,8,9)(H,10,11);3H,2H2,1H3;2*1H3. The molecule has 0 aromatic rings. The second kappa shape index (κ2) is 19.4. The molecule has 0 aliphatic carbocycles. The van der Waals surface area contributed by atoms with Gasteiger partial charge in [0.25, 0.3) is 0 Å². The van der Waals surface area contributed by atoms with Crippen LogP contribution in [0, 0.1) is 0 Å². The molecule has 7 nitrogen and oxygen atoms in total. The lowest BCUT2D eigenvalue weighted by Crippen LogP contribution is -2.22. The molecule has 0 aliphatic rings. The van der Waals surface area contributed by atoms with Gasteiger partial charge in [-0.15, -0.1) is 0 Å². The summed E-state index contributed by atoms with van der Waals surface area (Å²) in [4.78, 5) is 19.7. The minimum atomic E-state index is -1.08. The van der Waals surface area contributed by atoms with Gasteiger partial charge < -0.3 is 37.2 Å². The fourth-order valence-corrected chi connectivity index (χ4v) is 0.715. The van der Waals surface area contributed by atoms with E-state index in [4.69, 9.17) is 5.11 Å². The average molecular weight is 240 g/mol. The van der Waals surface area contributed by atoms with Gasteiger partial charge in [-0.25, -0.2) is 0 Å². The van der Waals surface area contributed by atoms with E-state index in [1.54, 1.807) is 6.92 Å². The SMILES string of the molecule is CCO.O=C([O-])CCCCCC(=O)[O-].[NH4+].[NH4+]. The van der Waals surface area contributed by atoms with Gasteiger partial charge >= 0.3 is 0 Å². The smallest absolute Gasteiger partial charge is 0.0414 e.